The summed E-state index contributed by atoms with van der Waals surface area (Å²) in [5.74, 6) is 0. The van der Waals surface area contributed by atoms with E-state index in [0.29, 0.717) is 0 Å². The molecule has 0 aliphatic carbocycles. The topological polar surface area (TPSA) is 24.9 Å². The SMILES string of the molecule is C[C@H](NCc1ccc2ccccc2n1)c1cccc(Br)c1. The number of benzene rings is 2. The lowest BCUT2D eigenvalue weighted by atomic mass is 10.1. The second-order valence-corrected chi connectivity index (χ2v) is 6.07. The van der Waals surface area contributed by atoms with E-state index in [1.807, 2.05) is 18.2 Å². The van der Waals surface area contributed by atoms with Crippen molar-refractivity contribution in [2.75, 3.05) is 0 Å². The highest BCUT2D eigenvalue weighted by Gasteiger charge is 2.06. The van der Waals surface area contributed by atoms with Crippen LogP contribution < -0.4 is 5.32 Å². The summed E-state index contributed by atoms with van der Waals surface area (Å²) in [6, 6.07) is 21.1. The molecule has 1 heterocycles. The lowest BCUT2D eigenvalue weighted by Gasteiger charge is -2.14. The van der Waals surface area contributed by atoms with Crippen molar-refractivity contribution in [1.82, 2.24) is 10.3 Å². The van der Waals surface area contributed by atoms with Crippen LogP contribution in [0.3, 0.4) is 0 Å². The maximum Gasteiger partial charge on any atom is 0.0705 e. The lowest BCUT2D eigenvalue weighted by Crippen LogP contribution is -2.18. The van der Waals surface area contributed by atoms with Gasteiger partial charge in [0, 0.05) is 22.4 Å². The molecule has 0 saturated carbocycles. The number of para-hydroxylation sites is 1. The number of nitrogens with zero attached hydrogens (tertiary/aromatic N) is 1. The third kappa shape index (κ3) is 3.49. The van der Waals surface area contributed by atoms with Gasteiger partial charge in [-0.3, -0.25) is 4.98 Å². The van der Waals surface area contributed by atoms with E-state index >= 15 is 0 Å². The summed E-state index contributed by atoms with van der Waals surface area (Å²) >= 11 is 3.51. The maximum atomic E-state index is 4.69. The van der Waals surface area contributed by atoms with Crippen LogP contribution in [0.5, 0.6) is 0 Å². The van der Waals surface area contributed by atoms with Gasteiger partial charge in [-0.05, 0) is 36.8 Å². The van der Waals surface area contributed by atoms with Gasteiger partial charge in [0.15, 0.2) is 0 Å². The quantitative estimate of drug-likeness (QED) is 0.734. The van der Waals surface area contributed by atoms with E-state index in [2.05, 4.69) is 75.6 Å². The molecule has 21 heavy (non-hydrogen) atoms. The van der Waals surface area contributed by atoms with E-state index in [1.165, 1.54) is 10.9 Å². The monoisotopic (exact) mass is 340 g/mol. The van der Waals surface area contributed by atoms with E-state index in [4.69, 9.17) is 0 Å². The number of halogens is 1. The van der Waals surface area contributed by atoms with E-state index in [-0.39, 0.29) is 6.04 Å². The first-order chi connectivity index (χ1) is 10.2. The molecule has 2 aromatic carbocycles. The average Bonchev–Trinajstić information content (AvgIpc) is 2.52. The number of fused-ring (bicyclic) bond motifs is 1. The molecule has 0 bridgehead atoms. The molecule has 0 spiro atoms. The highest BCUT2D eigenvalue weighted by molar-refractivity contribution is 9.10. The second-order valence-electron chi connectivity index (χ2n) is 5.15. The summed E-state index contributed by atoms with van der Waals surface area (Å²) in [5, 5.41) is 4.71. The molecule has 3 rings (SSSR count). The van der Waals surface area contributed by atoms with Crippen LogP contribution >= 0.6 is 15.9 Å². The zero-order chi connectivity index (χ0) is 14.7. The number of pyridine rings is 1. The molecule has 3 aromatic rings. The first kappa shape index (κ1) is 14.2. The summed E-state index contributed by atoms with van der Waals surface area (Å²) in [4.78, 5) is 4.69. The van der Waals surface area contributed by atoms with Crippen LogP contribution in [-0.4, -0.2) is 4.98 Å². The minimum atomic E-state index is 0.288. The van der Waals surface area contributed by atoms with Crippen molar-refractivity contribution in [3.8, 4) is 0 Å². The first-order valence-corrected chi connectivity index (χ1v) is 7.85. The van der Waals surface area contributed by atoms with Crippen LogP contribution in [0.25, 0.3) is 10.9 Å². The molecule has 106 valence electrons. The van der Waals surface area contributed by atoms with Gasteiger partial charge in [-0.15, -0.1) is 0 Å². The van der Waals surface area contributed by atoms with E-state index in [0.717, 1.165) is 22.2 Å². The number of rotatable bonds is 4. The average molecular weight is 341 g/mol. The van der Waals surface area contributed by atoms with Crippen molar-refractivity contribution in [1.29, 1.82) is 0 Å². The molecular weight excluding hydrogens is 324 g/mol. The predicted molar refractivity (Wildman–Crippen MR) is 91.1 cm³/mol. The summed E-state index contributed by atoms with van der Waals surface area (Å²) in [6.45, 7) is 2.93. The zero-order valence-electron chi connectivity index (χ0n) is 11.9. The molecule has 0 unspecified atom stereocenters. The number of aromatic nitrogens is 1. The molecule has 0 radical (unpaired) electrons. The third-order valence-corrected chi connectivity index (χ3v) is 4.09. The van der Waals surface area contributed by atoms with Gasteiger partial charge >= 0.3 is 0 Å². The molecule has 1 atom stereocenters. The normalized spacial score (nSPS) is 12.5. The molecule has 0 fully saturated rings. The van der Waals surface area contributed by atoms with Gasteiger partial charge < -0.3 is 5.32 Å². The van der Waals surface area contributed by atoms with Crippen LogP contribution in [0.2, 0.25) is 0 Å². The van der Waals surface area contributed by atoms with Crippen LogP contribution in [0.4, 0.5) is 0 Å². The van der Waals surface area contributed by atoms with E-state index < -0.39 is 0 Å². The highest BCUT2D eigenvalue weighted by Crippen LogP contribution is 2.18. The summed E-state index contributed by atoms with van der Waals surface area (Å²) in [7, 11) is 0. The van der Waals surface area contributed by atoms with Gasteiger partial charge in [0.2, 0.25) is 0 Å². The molecule has 3 heteroatoms. The summed E-state index contributed by atoms with van der Waals surface area (Å²) in [5.41, 5.74) is 3.38. The summed E-state index contributed by atoms with van der Waals surface area (Å²) in [6.07, 6.45) is 0. The molecule has 2 nitrogen and oxygen atoms in total. The Hall–Kier alpha value is -1.71. The molecule has 0 aliphatic rings. The van der Waals surface area contributed by atoms with Crippen molar-refractivity contribution in [2.24, 2.45) is 0 Å². The Morgan fingerprint density at radius 1 is 1.05 bits per heavy atom. The zero-order valence-corrected chi connectivity index (χ0v) is 13.5. The number of nitrogens with one attached hydrogen (secondary N) is 1. The van der Waals surface area contributed by atoms with Gasteiger partial charge in [-0.1, -0.05) is 52.3 Å². The molecule has 1 N–H and O–H groups in total. The maximum absolute atomic E-state index is 4.69. The minimum Gasteiger partial charge on any atom is -0.305 e. The largest absolute Gasteiger partial charge is 0.305 e. The van der Waals surface area contributed by atoms with Crippen molar-refractivity contribution in [3.05, 3.63) is 76.4 Å². The fourth-order valence-corrected chi connectivity index (χ4v) is 2.78. The number of hydrogen-bond donors (Lipinski definition) is 1. The predicted octanol–water partition coefficient (Wildman–Crippen LogP) is 4.85. The fourth-order valence-electron chi connectivity index (χ4n) is 2.36. The van der Waals surface area contributed by atoms with Crippen molar-refractivity contribution in [3.63, 3.8) is 0 Å². The van der Waals surface area contributed by atoms with E-state index in [9.17, 15) is 0 Å². The van der Waals surface area contributed by atoms with Gasteiger partial charge in [0.1, 0.15) is 0 Å². The Balaban J connectivity index is 1.71. The molecule has 0 aliphatic heterocycles. The molecule has 1 aromatic heterocycles. The lowest BCUT2D eigenvalue weighted by molar-refractivity contribution is 0.568. The van der Waals surface area contributed by atoms with Gasteiger partial charge in [-0.25, -0.2) is 0 Å². The van der Waals surface area contributed by atoms with Crippen LogP contribution in [0, 0.1) is 0 Å². The smallest absolute Gasteiger partial charge is 0.0705 e. The van der Waals surface area contributed by atoms with Gasteiger partial charge in [0.25, 0.3) is 0 Å². The molecule has 0 saturated heterocycles. The highest BCUT2D eigenvalue weighted by atomic mass is 79.9. The third-order valence-electron chi connectivity index (χ3n) is 3.59. The Labute approximate surface area is 133 Å². The Kier molecular flexibility index (Phi) is 4.32. The Bertz CT molecular complexity index is 755. The van der Waals surface area contributed by atoms with Crippen LogP contribution in [-0.2, 0) is 6.54 Å². The molecular formula is C18H17BrN2. The standard InChI is InChI=1S/C18H17BrN2/c1-13(15-6-4-7-16(19)11-15)20-12-17-10-9-14-5-2-3-8-18(14)21-17/h2-11,13,20H,12H2,1H3/t13-/m0/s1. The first-order valence-electron chi connectivity index (χ1n) is 7.06. The number of hydrogen-bond acceptors (Lipinski definition) is 2. The Morgan fingerprint density at radius 2 is 1.90 bits per heavy atom. The van der Waals surface area contributed by atoms with Gasteiger partial charge in [0.05, 0.1) is 11.2 Å². The summed E-state index contributed by atoms with van der Waals surface area (Å²) < 4.78 is 1.11. The van der Waals surface area contributed by atoms with Crippen LogP contribution in [0.1, 0.15) is 24.2 Å². The Morgan fingerprint density at radius 3 is 2.76 bits per heavy atom. The van der Waals surface area contributed by atoms with Crippen LogP contribution in [0.15, 0.2) is 65.1 Å². The van der Waals surface area contributed by atoms with E-state index in [1.54, 1.807) is 0 Å². The second kappa shape index (κ2) is 6.37. The minimum absolute atomic E-state index is 0.288. The van der Waals surface area contributed by atoms with Gasteiger partial charge in [-0.2, -0.15) is 0 Å². The fraction of sp³-hybridized carbons (Fsp3) is 0.167. The van der Waals surface area contributed by atoms with Crippen molar-refractivity contribution in [2.45, 2.75) is 19.5 Å². The molecule has 0 amide bonds. The van der Waals surface area contributed by atoms with Crippen molar-refractivity contribution < 1.29 is 0 Å². The van der Waals surface area contributed by atoms with Crippen molar-refractivity contribution >= 4 is 26.8 Å².